The van der Waals surface area contributed by atoms with Crippen LogP contribution < -0.4 is 25.4 Å². The summed E-state index contributed by atoms with van der Waals surface area (Å²) in [7, 11) is 0. The number of urea groups is 1. The Labute approximate surface area is 327 Å². The molecule has 14 nitrogen and oxygen atoms in total. The molecule has 296 valence electrons. The first-order valence-electron chi connectivity index (χ1n) is 18.1. The number of carbonyl (C=O) groups is 4. The number of carbonyl (C=O) groups excluding carboxylic acids is 4. The SMILES string of the molecule is Cc1cc(Oc2ccccc2F)ccc1-n1ncc(C(=O)c2cc3cc(OCC(F)F)c(N4C(=O)[C@@H]5C[C@H](NC(=O)OCc6ccccc6)CN5C4=O)cc3[nH]2)c1N. The predicted molar refractivity (Wildman–Crippen MR) is 204 cm³/mol. The number of aromatic amines is 1. The molecule has 2 fully saturated rings. The molecule has 6 aromatic rings. The van der Waals surface area contributed by atoms with Crippen LogP contribution in [0.1, 0.15) is 33.6 Å². The van der Waals surface area contributed by atoms with Crippen molar-refractivity contribution in [2.75, 3.05) is 23.8 Å². The number of ether oxygens (including phenoxy) is 3. The van der Waals surface area contributed by atoms with Gasteiger partial charge in [0.15, 0.2) is 11.6 Å². The van der Waals surface area contributed by atoms with Gasteiger partial charge in [-0.3, -0.25) is 9.59 Å². The maximum atomic E-state index is 14.1. The molecule has 4 heterocycles. The fourth-order valence-electron chi connectivity index (χ4n) is 7.08. The molecule has 0 radical (unpaired) electrons. The van der Waals surface area contributed by atoms with Crippen LogP contribution in [-0.4, -0.2) is 75.1 Å². The Balaban J connectivity index is 1.01. The largest absolute Gasteiger partial charge is 0.485 e. The van der Waals surface area contributed by atoms with Crippen molar-refractivity contribution in [1.82, 2.24) is 25.0 Å². The number of aromatic nitrogens is 3. The highest BCUT2D eigenvalue weighted by Crippen LogP contribution is 2.40. The lowest BCUT2D eigenvalue weighted by molar-refractivity contribution is -0.119. The Kier molecular flexibility index (Phi) is 9.94. The molecule has 2 aliphatic heterocycles. The number of H-pyrrole nitrogens is 1. The number of halogens is 3. The van der Waals surface area contributed by atoms with Crippen LogP contribution in [0.3, 0.4) is 0 Å². The topological polar surface area (TPSA) is 174 Å². The lowest BCUT2D eigenvalue weighted by Gasteiger charge is -2.21. The van der Waals surface area contributed by atoms with Crippen LogP contribution in [0.4, 0.5) is 34.3 Å². The van der Waals surface area contributed by atoms with Gasteiger partial charge in [0.2, 0.25) is 5.78 Å². The number of alkyl halides is 2. The van der Waals surface area contributed by atoms with E-state index in [-0.39, 0.29) is 53.8 Å². The molecule has 8 rings (SSSR count). The van der Waals surface area contributed by atoms with Gasteiger partial charge in [-0.15, -0.1) is 0 Å². The summed E-state index contributed by atoms with van der Waals surface area (Å²) in [6.07, 6.45) is -2.18. The Hall–Kier alpha value is -7.30. The van der Waals surface area contributed by atoms with Crippen molar-refractivity contribution < 1.29 is 46.6 Å². The van der Waals surface area contributed by atoms with Gasteiger partial charge in [0.25, 0.3) is 12.3 Å². The molecule has 4 aromatic carbocycles. The number of nitrogen functional groups attached to an aromatic ring is 1. The van der Waals surface area contributed by atoms with Crippen molar-refractivity contribution >= 4 is 46.2 Å². The molecule has 0 bridgehead atoms. The number of alkyl carbamates (subject to hydrolysis) is 1. The average Bonchev–Trinajstić information content (AvgIpc) is 3.97. The van der Waals surface area contributed by atoms with Crippen molar-refractivity contribution in [3.8, 4) is 22.9 Å². The minimum absolute atomic E-state index is 0.00300. The molecule has 17 heteroatoms. The number of para-hydroxylation sites is 1. The van der Waals surface area contributed by atoms with E-state index < -0.39 is 54.7 Å². The van der Waals surface area contributed by atoms with Crippen molar-refractivity contribution in [3.63, 3.8) is 0 Å². The third-order valence-corrected chi connectivity index (χ3v) is 9.84. The Morgan fingerprint density at radius 3 is 2.50 bits per heavy atom. The van der Waals surface area contributed by atoms with Gasteiger partial charge in [-0.1, -0.05) is 42.5 Å². The Morgan fingerprint density at radius 2 is 1.76 bits per heavy atom. The number of aryl methyl sites for hydroxylation is 1. The predicted octanol–water partition coefficient (Wildman–Crippen LogP) is 6.89. The monoisotopic (exact) mass is 793 g/mol. The van der Waals surface area contributed by atoms with Crippen LogP contribution in [0.5, 0.6) is 17.2 Å². The number of nitrogens with one attached hydrogen (secondary N) is 2. The van der Waals surface area contributed by atoms with Gasteiger partial charge in [-0.25, -0.2) is 32.3 Å². The summed E-state index contributed by atoms with van der Waals surface area (Å²) in [5, 5.41) is 7.39. The van der Waals surface area contributed by atoms with Gasteiger partial charge < -0.3 is 35.1 Å². The van der Waals surface area contributed by atoms with Crippen LogP contribution >= 0.6 is 0 Å². The number of hydrogen-bond acceptors (Lipinski definition) is 9. The molecule has 2 saturated heterocycles. The Morgan fingerprint density at radius 1 is 0.983 bits per heavy atom. The second-order valence-electron chi connectivity index (χ2n) is 13.7. The zero-order chi connectivity index (χ0) is 40.7. The number of fused-ring (bicyclic) bond motifs is 2. The number of imide groups is 1. The van der Waals surface area contributed by atoms with Crippen LogP contribution in [0.2, 0.25) is 0 Å². The van der Waals surface area contributed by atoms with E-state index in [1.165, 1.54) is 46.1 Å². The maximum Gasteiger partial charge on any atom is 0.407 e. The van der Waals surface area contributed by atoms with E-state index in [2.05, 4.69) is 15.4 Å². The van der Waals surface area contributed by atoms with E-state index in [1.807, 2.05) is 18.2 Å². The number of ketones is 1. The first-order valence-corrected chi connectivity index (χ1v) is 18.1. The lowest BCUT2D eigenvalue weighted by Crippen LogP contribution is -2.41. The summed E-state index contributed by atoms with van der Waals surface area (Å²) in [4.78, 5) is 59.0. The van der Waals surface area contributed by atoms with Gasteiger partial charge in [0.1, 0.15) is 36.6 Å². The normalized spacial score (nSPS) is 16.3. The van der Waals surface area contributed by atoms with E-state index in [0.717, 1.165) is 10.5 Å². The smallest absolute Gasteiger partial charge is 0.407 e. The fourth-order valence-corrected chi connectivity index (χ4v) is 7.08. The number of rotatable bonds is 12. The molecule has 4 amide bonds. The standard InChI is InChI=1S/C41H34F3N7O7/c1-22-13-26(58-34-10-6-5-9-28(34)42)11-12-31(22)51-38(45)27(18-46-51)37(52)30-14-24-15-35(56-21-36(43)44)32(17-29(24)48-30)50-39(53)33-16-25(19-49(33)41(50)55)47-40(54)57-20-23-7-3-2-4-8-23/h2-15,17-18,25,33,36,48H,16,19-21,45H2,1H3,(H,47,54)/t25-,33-/m0/s1. The molecular formula is C41H34F3N7O7. The first kappa shape index (κ1) is 37.6. The fraction of sp³-hybridized carbons (Fsp3) is 0.195. The van der Waals surface area contributed by atoms with Gasteiger partial charge >= 0.3 is 12.1 Å². The molecule has 0 unspecified atom stereocenters. The van der Waals surface area contributed by atoms with E-state index in [0.29, 0.717) is 27.9 Å². The third kappa shape index (κ3) is 7.24. The summed E-state index contributed by atoms with van der Waals surface area (Å²) in [5.41, 5.74) is 8.72. The number of amides is 4. The molecule has 2 aromatic heterocycles. The second-order valence-corrected chi connectivity index (χ2v) is 13.7. The molecule has 0 aliphatic carbocycles. The number of nitrogens with zero attached hydrogens (tertiary/aromatic N) is 4. The van der Waals surface area contributed by atoms with E-state index >= 15 is 0 Å². The number of nitrogens with two attached hydrogens (primary N) is 1. The number of hydrogen-bond donors (Lipinski definition) is 3. The Bertz CT molecular complexity index is 2550. The minimum Gasteiger partial charge on any atom is -0.485 e. The van der Waals surface area contributed by atoms with Crippen molar-refractivity contribution in [2.24, 2.45) is 0 Å². The van der Waals surface area contributed by atoms with Crippen molar-refractivity contribution in [1.29, 1.82) is 0 Å². The van der Waals surface area contributed by atoms with Crippen LogP contribution in [0.25, 0.3) is 16.6 Å². The van der Waals surface area contributed by atoms with Gasteiger partial charge in [0, 0.05) is 17.4 Å². The number of anilines is 2. The maximum absolute atomic E-state index is 14.1. The summed E-state index contributed by atoms with van der Waals surface area (Å²) in [6, 6.07) is 22.0. The molecule has 0 saturated carbocycles. The van der Waals surface area contributed by atoms with Crippen LogP contribution in [0, 0.1) is 12.7 Å². The highest BCUT2D eigenvalue weighted by molar-refractivity contribution is 6.23. The van der Waals surface area contributed by atoms with Gasteiger partial charge in [-0.05, 0) is 73.0 Å². The van der Waals surface area contributed by atoms with Crippen LogP contribution in [-0.2, 0) is 16.1 Å². The second kappa shape index (κ2) is 15.3. The number of benzene rings is 4. The highest BCUT2D eigenvalue weighted by Gasteiger charge is 2.52. The third-order valence-electron chi connectivity index (χ3n) is 9.84. The van der Waals surface area contributed by atoms with E-state index in [1.54, 1.807) is 49.4 Å². The highest BCUT2D eigenvalue weighted by atomic mass is 19.3. The summed E-state index contributed by atoms with van der Waals surface area (Å²) < 4.78 is 58.6. The average molecular weight is 794 g/mol. The molecule has 58 heavy (non-hydrogen) atoms. The van der Waals surface area contributed by atoms with E-state index in [9.17, 15) is 32.3 Å². The minimum atomic E-state index is -2.87. The van der Waals surface area contributed by atoms with Crippen LogP contribution in [0.15, 0.2) is 97.2 Å². The summed E-state index contributed by atoms with van der Waals surface area (Å²) in [6.45, 7) is 0.786. The van der Waals surface area contributed by atoms with Gasteiger partial charge in [0.05, 0.1) is 34.9 Å². The molecule has 2 aliphatic rings. The lowest BCUT2D eigenvalue weighted by atomic mass is 10.1. The van der Waals surface area contributed by atoms with E-state index in [4.69, 9.17) is 19.9 Å². The zero-order valence-electron chi connectivity index (χ0n) is 30.7. The van der Waals surface area contributed by atoms with Crippen molar-refractivity contribution in [2.45, 2.75) is 38.5 Å². The first-order chi connectivity index (χ1) is 27.9. The zero-order valence-corrected chi connectivity index (χ0v) is 30.7. The summed E-state index contributed by atoms with van der Waals surface area (Å²) >= 11 is 0. The molecule has 4 N–H and O–H groups in total. The molecule has 0 spiro atoms. The quantitative estimate of drug-likeness (QED) is 0.0881. The summed E-state index contributed by atoms with van der Waals surface area (Å²) in [5.74, 6) is -1.45. The van der Waals surface area contributed by atoms with Gasteiger partial charge in [-0.2, -0.15) is 5.10 Å². The molecular weight excluding hydrogens is 759 g/mol. The molecule has 2 atom stereocenters. The van der Waals surface area contributed by atoms with Crippen molar-refractivity contribution in [3.05, 3.63) is 125 Å².